The Labute approximate surface area is 73.9 Å². The van der Waals surface area contributed by atoms with E-state index in [9.17, 15) is 4.79 Å². The van der Waals surface area contributed by atoms with Crippen molar-refractivity contribution in [2.45, 2.75) is 0 Å². The van der Waals surface area contributed by atoms with Crippen LogP contribution in [-0.2, 0) is 0 Å². The molecule has 0 unspecified atom stereocenters. The molecule has 0 saturated heterocycles. The Kier molecular flexibility index (Phi) is 1.71. The van der Waals surface area contributed by atoms with Crippen molar-refractivity contribution >= 4 is 16.9 Å². The fraction of sp³-hybridized carbons (Fsp3) is 0. The number of aromatic amines is 1. The second-order valence-electron chi connectivity index (χ2n) is 2.61. The summed E-state index contributed by atoms with van der Waals surface area (Å²) in [7, 11) is 0. The van der Waals surface area contributed by atoms with Crippen LogP contribution in [0.3, 0.4) is 0 Å². The average molecular weight is 176 g/mol. The number of carbonyl (C=O) groups excluding carboxylic acids is 1. The van der Waals surface area contributed by atoms with Crippen molar-refractivity contribution in [3.8, 4) is 0 Å². The average Bonchev–Trinajstić information content (AvgIpc) is 2.63. The minimum Gasteiger partial charge on any atom is -0.345 e. The van der Waals surface area contributed by atoms with Crippen molar-refractivity contribution in [1.82, 2.24) is 15.4 Å². The molecule has 4 N–H and O–H groups in total. The van der Waals surface area contributed by atoms with Crippen LogP contribution in [0, 0.1) is 0 Å². The lowest BCUT2D eigenvalue weighted by Gasteiger charge is -1.97. The number of hydrogen-bond donors (Lipinski definition) is 3. The Bertz CT molecular complexity index is 448. The van der Waals surface area contributed by atoms with Crippen LogP contribution in [0.15, 0.2) is 24.5 Å². The van der Waals surface area contributed by atoms with Crippen LogP contribution in [-0.4, -0.2) is 15.9 Å². The van der Waals surface area contributed by atoms with Gasteiger partial charge in [-0.3, -0.25) is 10.2 Å². The molecule has 66 valence electrons. The molecule has 2 rings (SSSR count). The Balaban J connectivity index is 2.54. The first kappa shape index (κ1) is 7.75. The summed E-state index contributed by atoms with van der Waals surface area (Å²) < 4.78 is 0. The van der Waals surface area contributed by atoms with Crippen LogP contribution < -0.4 is 11.3 Å². The molecule has 0 saturated carbocycles. The number of amides is 1. The molecule has 1 aromatic carbocycles. The highest BCUT2D eigenvalue weighted by Gasteiger charge is 2.04. The molecule has 0 spiro atoms. The first-order valence-electron chi connectivity index (χ1n) is 3.75. The van der Waals surface area contributed by atoms with Crippen molar-refractivity contribution in [3.63, 3.8) is 0 Å². The minimum atomic E-state index is -0.309. The highest BCUT2D eigenvalue weighted by Crippen LogP contribution is 2.10. The van der Waals surface area contributed by atoms with E-state index in [4.69, 9.17) is 5.84 Å². The number of rotatable bonds is 1. The first-order valence-corrected chi connectivity index (χ1v) is 3.75. The second kappa shape index (κ2) is 2.87. The molecule has 0 aliphatic carbocycles. The van der Waals surface area contributed by atoms with E-state index in [0.29, 0.717) is 5.56 Å². The largest absolute Gasteiger partial charge is 0.345 e. The molecule has 0 bridgehead atoms. The minimum absolute atomic E-state index is 0.309. The van der Waals surface area contributed by atoms with Crippen molar-refractivity contribution in [2.24, 2.45) is 5.84 Å². The number of aromatic nitrogens is 2. The SMILES string of the molecule is NNC(=O)c1ccc2nc[nH]c2c1. The number of hydrogen-bond acceptors (Lipinski definition) is 3. The summed E-state index contributed by atoms with van der Waals surface area (Å²) in [5.74, 6) is 4.69. The molecule has 2 aromatic rings. The number of imidazole rings is 1. The predicted molar refractivity (Wildman–Crippen MR) is 47.7 cm³/mol. The zero-order valence-electron chi connectivity index (χ0n) is 6.74. The van der Waals surface area contributed by atoms with Crippen LogP contribution in [0.5, 0.6) is 0 Å². The highest BCUT2D eigenvalue weighted by atomic mass is 16.2. The molecule has 0 fully saturated rings. The van der Waals surface area contributed by atoms with E-state index in [1.807, 2.05) is 0 Å². The molecular formula is C8H8N4O. The fourth-order valence-electron chi connectivity index (χ4n) is 1.16. The number of nitrogens with one attached hydrogen (secondary N) is 2. The quantitative estimate of drug-likeness (QED) is 0.329. The Hall–Kier alpha value is -1.88. The molecular weight excluding hydrogens is 168 g/mol. The maximum Gasteiger partial charge on any atom is 0.265 e. The van der Waals surface area contributed by atoms with Crippen LogP contribution in [0.2, 0.25) is 0 Å². The highest BCUT2D eigenvalue weighted by molar-refractivity contribution is 5.96. The molecule has 0 radical (unpaired) electrons. The van der Waals surface area contributed by atoms with Gasteiger partial charge in [-0.25, -0.2) is 10.8 Å². The van der Waals surface area contributed by atoms with Crippen molar-refractivity contribution in [1.29, 1.82) is 0 Å². The number of nitrogens with zero attached hydrogens (tertiary/aromatic N) is 1. The van der Waals surface area contributed by atoms with Crippen LogP contribution in [0.25, 0.3) is 11.0 Å². The predicted octanol–water partition coefficient (Wildman–Crippen LogP) is 0.166. The maximum absolute atomic E-state index is 11.1. The second-order valence-corrected chi connectivity index (χ2v) is 2.61. The van der Waals surface area contributed by atoms with Crippen molar-refractivity contribution in [2.75, 3.05) is 0 Å². The molecule has 5 nitrogen and oxygen atoms in total. The number of benzene rings is 1. The van der Waals surface area contributed by atoms with Gasteiger partial charge in [0.1, 0.15) is 0 Å². The van der Waals surface area contributed by atoms with E-state index < -0.39 is 0 Å². The Morgan fingerprint density at radius 2 is 2.38 bits per heavy atom. The summed E-state index contributed by atoms with van der Waals surface area (Å²) in [5.41, 5.74) is 4.23. The van der Waals surface area contributed by atoms with E-state index in [1.54, 1.807) is 24.5 Å². The lowest BCUT2D eigenvalue weighted by Crippen LogP contribution is -2.29. The Morgan fingerprint density at radius 1 is 1.54 bits per heavy atom. The van der Waals surface area contributed by atoms with E-state index in [2.05, 4.69) is 15.4 Å². The first-order chi connectivity index (χ1) is 6.31. The molecule has 1 amide bonds. The zero-order valence-corrected chi connectivity index (χ0v) is 6.74. The summed E-state index contributed by atoms with van der Waals surface area (Å²) in [6, 6.07) is 5.13. The number of nitrogen functional groups attached to an aromatic ring is 1. The number of fused-ring (bicyclic) bond motifs is 1. The summed E-state index contributed by atoms with van der Waals surface area (Å²) in [6.07, 6.45) is 1.58. The van der Waals surface area contributed by atoms with Crippen molar-refractivity contribution in [3.05, 3.63) is 30.1 Å². The van der Waals surface area contributed by atoms with E-state index in [0.717, 1.165) is 11.0 Å². The van der Waals surface area contributed by atoms with Gasteiger partial charge in [-0.05, 0) is 18.2 Å². The molecule has 13 heavy (non-hydrogen) atoms. The van der Waals surface area contributed by atoms with Gasteiger partial charge in [0.05, 0.1) is 17.4 Å². The summed E-state index contributed by atoms with van der Waals surface area (Å²) in [5, 5.41) is 0. The van der Waals surface area contributed by atoms with Gasteiger partial charge in [0.15, 0.2) is 0 Å². The van der Waals surface area contributed by atoms with Crippen LogP contribution in [0.4, 0.5) is 0 Å². The summed E-state index contributed by atoms with van der Waals surface area (Å²) in [4.78, 5) is 18.0. The molecule has 0 aliphatic rings. The lowest BCUT2D eigenvalue weighted by molar-refractivity contribution is 0.0954. The molecule has 0 atom stereocenters. The van der Waals surface area contributed by atoms with E-state index in [-0.39, 0.29) is 5.91 Å². The van der Waals surface area contributed by atoms with E-state index in [1.165, 1.54) is 0 Å². The molecule has 1 aromatic heterocycles. The van der Waals surface area contributed by atoms with Crippen molar-refractivity contribution < 1.29 is 4.79 Å². The molecule has 0 aliphatic heterocycles. The van der Waals surface area contributed by atoms with Gasteiger partial charge >= 0.3 is 0 Å². The number of nitrogens with two attached hydrogens (primary N) is 1. The van der Waals surface area contributed by atoms with E-state index >= 15 is 0 Å². The topological polar surface area (TPSA) is 83.8 Å². The van der Waals surface area contributed by atoms with Gasteiger partial charge in [0.2, 0.25) is 0 Å². The monoisotopic (exact) mass is 176 g/mol. The third kappa shape index (κ3) is 1.25. The third-order valence-corrected chi connectivity index (χ3v) is 1.81. The molecule has 5 heteroatoms. The number of carbonyl (C=O) groups is 1. The fourth-order valence-corrected chi connectivity index (χ4v) is 1.16. The van der Waals surface area contributed by atoms with Gasteiger partial charge < -0.3 is 4.98 Å². The summed E-state index contributed by atoms with van der Waals surface area (Å²) in [6.45, 7) is 0. The van der Waals surface area contributed by atoms with Crippen LogP contribution >= 0.6 is 0 Å². The normalized spacial score (nSPS) is 10.2. The van der Waals surface area contributed by atoms with Crippen LogP contribution in [0.1, 0.15) is 10.4 Å². The Morgan fingerprint density at radius 3 is 3.15 bits per heavy atom. The van der Waals surface area contributed by atoms with Gasteiger partial charge in [-0.1, -0.05) is 0 Å². The van der Waals surface area contributed by atoms with Gasteiger partial charge in [0, 0.05) is 5.56 Å². The number of H-pyrrole nitrogens is 1. The van der Waals surface area contributed by atoms with Gasteiger partial charge in [-0.15, -0.1) is 0 Å². The third-order valence-electron chi connectivity index (χ3n) is 1.81. The summed E-state index contributed by atoms with van der Waals surface area (Å²) >= 11 is 0. The lowest BCUT2D eigenvalue weighted by atomic mass is 10.2. The zero-order chi connectivity index (χ0) is 9.26. The van der Waals surface area contributed by atoms with Gasteiger partial charge in [0.25, 0.3) is 5.91 Å². The number of hydrazine groups is 1. The maximum atomic E-state index is 11.1. The van der Waals surface area contributed by atoms with Gasteiger partial charge in [-0.2, -0.15) is 0 Å². The smallest absolute Gasteiger partial charge is 0.265 e. The molecule has 1 heterocycles. The standard InChI is InChI=1S/C8H8N4O/c9-12-8(13)5-1-2-6-7(3-5)11-4-10-6/h1-4H,9H2,(H,10,11)(H,12,13).